The van der Waals surface area contributed by atoms with Gasteiger partial charge >= 0.3 is 12.3 Å². The van der Waals surface area contributed by atoms with Gasteiger partial charge in [-0.15, -0.1) is 0 Å². The molecule has 2 aliphatic rings. The number of rotatable bonds is 5. The molecule has 40 heavy (non-hydrogen) atoms. The highest BCUT2D eigenvalue weighted by Crippen LogP contribution is 2.31. The Morgan fingerprint density at radius 2 is 1.52 bits per heavy atom. The Labute approximate surface area is 231 Å². The summed E-state index contributed by atoms with van der Waals surface area (Å²) in [5.74, 6) is -0.987. The van der Waals surface area contributed by atoms with E-state index in [1.54, 1.807) is 4.90 Å². The van der Waals surface area contributed by atoms with Crippen molar-refractivity contribution in [3.63, 3.8) is 0 Å². The van der Waals surface area contributed by atoms with Crippen molar-refractivity contribution >= 4 is 17.7 Å². The van der Waals surface area contributed by atoms with E-state index in [-0.39, 0.29) is 29.6 Å². The third-order valence-electron chi connectivity index (χ3n) is 6.97. The van der Waals surface area contributed by atoms with E-state index in [4.69, 9.17) is 9.47 Å². The molecule has 0 atom stereocenters. The van der Waals surface area contributed by atoms with Crippen LogP contribution in [0.3, 0.4) is 0 Å². The summed E-state index contributed by atoms with van der Waals surface area (Å²) in [7, 11) is 0. The summed E-state index contributed by atoms with van der Waals surface area (Å²) in [5, 5.41) is 2.91. The highest BCUT2D eigenvalue weighted by atomic mass is 19.4. The molecule has 2 aromatic rings. The fourth-order valence-corrected chi connectivity index (χ4v) is 4.81. The van der Waals surface area contributed by atoms with Crippen molar-refractivity contribution < 1.29 is 36.6 Å². The molecule has 0 saturated carbocycles. The van der Waals surface area contributed by atoms with E-state index in [0.717, 1.165) is 18.2 Å². The molecule has 0 unspecified atom stereocenters. The lowest BCUT2D eigenvalue weighted by molar-refractivity contribution is -0.137. The Kier molecular flexibility index (Phi) is 8.80. The van der Waals surface area contributed by atoms with E-state index in [2.05, 4.69) is 5.32 Å². The van der Waals surface area contributed by atoms with Crippen molar-refractivity contribution in [2.75, 3.05) is 31.1 Å². The smallest absolute Gasteiger partial charge is 0.416 e. The third-order valence-corrected chi connectivity index (χ3v) is 6.97. The molecular weight excluding hydrogens is 530 g/mol. The molecule has 11 heteroatoms. The average molecular weight is 566 g/mol. The Morgan fingerprint density at radius 1 is 0.900 bits per heavy atom. The number of amides is 2. The quantitative estimate of drug-likeness (QED) is 0.449. The first-order valence-electron chi connectivity index (χ1n) is 13.5. The second-order valence-corrected chi connectivity index (χ2v) is 11.2. The minimum Gasteiger partial charge on any atom is -0.487 e. The van der Waals surface area contributed by atoms with Crippen LogP contribution in [0.2, 0.25) is 0 Å². The van der Waals surface area contributed by atoms with Gasteiger partial charge in [0.05, 0.1) is 5.56 Å². The normalized spacial score (nSPS) is 17.5. The lowest BCUT2D eigenvalue weighted by Crippen LogP contribution is -2.47. The zero-order chi connectivity index (χ0) is 29.1. The molecule has 7 nitrogen and oxygen atoms in total. The Bertz CT molecular complexity index is 1180. The number of hydrogen-bond donors (Lipinski definition) is 1. The Hall–Kier alpha value is -3.50. The van der Waals surface area contributed by atoms with Crippen LogP contribution >= 0.6 is 0 Å². The number of benzene rings is 2. The average Bonchev–Trinajstić information content (AvgIpc) is 2.89. The Morgan fingerprint density at radius 3 is 2.08 bits per heavy atom. The number of anilines is 1. The van der Waals surface area contributed by atoms with Crippen LogP contribution in [0.1, 0.15) is 62.4 Å². The second-order valence-electron chi connectivity index (χ2n) is 11.2. The maximum Gasteiger partial charge on any atom is 0.416 e. The summed E-state index contributed by atoms with van der Waals surface area (Å²) in [6.07, 6.45) is -2.72. The standard InChI is InChI=1S/C29H35F4N3O4/c1-28(2,3)40-27(38)36-14-10-21(11-15-36)34-26(37)19-4-9-25(24(30)18-19)39-23-12-16-35(17-13-23)22-7-5-20(6-8-22)29(31,32)33/h4-9,18,21,23H,10-17H2,1-3H3,(H,34,37). The van der Waals surface area contributed by atoms with E-state index < -0.39 is 29.1 Å². The number of ether oxygens (including phenoxy) is 2. The number of likely N-dealkylation sites (tertiary alicyclic amines) is 1. The van der Waals surface area contributed by atoms with Gasteiger partial charge in [0.25, 0.3) is 5.91 Å². The number of alkyl halides is 3. The van der Waals surface area contributed by atoms with Gasteiger partial charge in [-0.2, -0.15) is 13.2 Å². The van der Waals surface area contributed by atoms with Crippen LogP contribution in [-0.2, 0) is 10.9 Å². The molecule has 218 valence electrons. The minimum absolute atomic E-state index is 0.0511. The molecule has 2 aromatic carbocycles. The van der Waals surface area contributed by atoms with Crippen molar-refractivity contribution in [2.24, 2.45) is 0 Å². The molecule has 2 saturated heterocycles. The summed E-state index contributed by atoms with van der Waals surface area (Å²) in [5.41, 5.74) is -0.389. The van der Waals surface area contributed by atoms with Crippen molar-refractivity contribution in [1.29, 1.82) is 0 Å². The molecule has 2 heterocycles. The fourth-order valence-electron chi connectivity index (χ4n) is 4.81. The van der Waals surface area contributed by atoms with Crippen molar-refractivity contribution in [3.8, 4) is 5.75 Å². The number of carbonyl (C=O) groups is 2. The highest BCUT2D eigenvalue weighted by molar-refractivity contribution is 5.94. The van der Waals surface area contributed by atoms with Crippen LogP contribution in [0.25, 0.3) is 0 Å². The van der Waals surface area contributed by atoms with Crippen molar-refractivity contribution in [2.45, 2.75) is 70.4 Å². The monoisotopic (exact) mass is 565 g/mol. The molecule has 0 aliphatic carbocycles. The SMILES string of the molecule is CC(C)(C)OC(=O)N1CCC(NC(=O)c2ccc(OC3CCN(c4ccc(C(F)(F)F)cc4)CC3)c(F)c2)CC1. The topological polar surface area (TPSA) is 71.1 Å². The summed E-state index contributed by atoms with van der Waals surface area (Å²) in [6, 6.07) is 9.02. The molecule has 4 rings (SSSR count). The first-order valence-corrected chi connectivity index (χ1v) is 13.5. The molecule has 0 bridgehead atoms. The number of piperidine rings is 2. The summed E-state index contributed by atoms with van der Waals surface area (Å²) in [4.78, 5) is 28.5. The molecule has 1 N–H and O–H groups in total. The van der Waals surface area contributed by atoms with Gasteiger partial charge in [0, 0.05) is 56.3 Å². The molecule has 2 fully saturated rings. The zero-order valence-electron chi connectivity index (χ0n) is 22.9. The Balaban J connectivity index is 1.24. The van der Waals surface area contributed by atoms with Gasteiger partial charge in [0.1, 0.15) is 11.7 Å². The van der Waals surface area contributed by atoms with Crippen LogP contribution < -0.4 is 15.0 Å². The van der Waals surface area contributed by atoms with Crippen LogP contribution in [-0.4, -0.2) is 60.8 Å². The van der Waals surface area contributed by atoms with Gasteiger partial charge in [0.2, 0.25) is 0 Å². The van der Waals surface area contributed by atoms with Gasteiger partial charge in [-0.1, -0.05) is 0 Å². The fraction of sp³-hybridized carbons (Fsp3) is 0.517. The van der Waals surface area contributed by atoms with Crippen LogP contribution in [0.4, 0.5) is 28.0 Å². The molecule has 0 aromatic heterocycles. The maximum absolute atomic E-state index is 14.8. The van der Waals surface area contributed by atoms with Gasteiger partial charge in [-0.25, -0.2) is 9.18 Å². The van der Waals surface area contributed by atoms with Crippen LogP contribution in [0, 0.1) is 5.82 Å². The predicted molar refractivity (Wildman–Crippen MR) is 142 cm³/mol. The van der Waals surface area contributed by atoms with E-state index in [1.807, 2.05) is 25.7 Å². The third kappa shape index (κ3) is 7.79. The number of halogens is 4. The summed E-state index contributed by atoms with van der Waals surface area (Å²) in [6.45, 7) is 7.46. The maximum atomic E-state index is 14.8. The molecule has 0 radical (unpaired) electrons. The summed E-state index contributed by atoms with van der Waals surface area (Å²) >= 11 is 0. The number of nitrogens with zero attached hydrogens (tertiary/aromatic N) is 2. The van der Waals surface area contributed by atoms with Gasteiger partial charge in [-0.3, -0.25) is 4.79 Å². The lowest BCUT2D eigenvalue weighted by atomic mass is 10.0. The summed E-state index contributed by atoms with van der Waals surface area (Å²) < 4.78 is 64.5. The highest BCUT2D eigenvalue weighted by Gasteiger charge is 2.31. The van der Waals surface area contributed by atoms with Crippen LogP contribution in [0.15, 0.2) is 42.5 Å². The van der Waals surface area contributed by atoms with E-state index in [9.17, 15) is 27.2 Å². The van der Waals surface area contributed by atoms with E-state index in [1.165, 1.54) is 24.3 Å². The zero-order valence-corrected chi connectivity index (χ0v) is 22.9. The number of nitrogens with one attached hydrogen (secondary N) is 1. The van der Waals surface area contributed by atoms with E-state index >= 15 is 0 Å². The molecular formula is C29H35F4N3O4. The molecule has 2 amide bonds. The van der Waals surface area contributed by atoms with Gasteiger partial charge < -0.3 is 24.6 Å². The number of carbonyl (C=O) groups excluding carboxylic acids is 2. The molecule has 2 aliphatic heterocycles. The van der Waals surface area contributed by atoms with Crippen LogP contribution in [0.5, 0.6) is 5.75 Å². The van der Waals surface area contributed by atoms with E-state index in [0.29, 0.717) is 57.5 Å². The minimum atomic E-state index is -4.37. The molecule has 0 spiro atoms. The number of hydrogen-bond acceptors (Lipinski definition) is 5. The second kappa shape index (κ2) is 11.9. The van der Waals surface area contributed by atoms with Gasteiger partial charge in [-0.05, 0) is 76.1 Å². The van der Waals surface area contributed by atoms with Gasteiger partial charge in [0.15, 0.2) is 11.6 Å². The van der Waals surface area contributed by atoms with Crippen molar-refractivity contribution in [1.82, 2.24) is 10.2 Å². The largest absolute Gasteiger partial charge is 0.487 e. The van der Waals surface area contributed by atoms with Crippen molar-refractivity contribution in [3.05, 3.63) is 59.4 Å². The first-order chi connectivity index (χ1) is 18.8. The lowest BCUT2D eigenvalue weighted by Gasteiger charge is -2.34. The predicted octanol–water partition coefficient (Wildman–Crippen LogP) is 6.02. The first kappa shape index (κ1) is 29.5.